The van der Waals surface area contributed by atoms with Crippen LogP contribution in [0.5, 0.6) is 11.8 Å². The van der Waals surface area contributed by atoms with Crippen LogP contribution in [0.1, 0.15) is 24.1 Å². The third kappa shape index (κ3) is 5.17. The van der Waals surface area contributed by atoms with E-state index in [2.05, 4.69) is 19.9 Å². The van der Waals surface area contributed by atoms with Crippen LogP contribution in [0.25, 0.3) is 11.2 Å². The van der Waals surface area contributed by atoms with Crippen molar-refractivity contribution < 1.29 is 32.8 Å². The van der Waals surface area contributed by atoms with Crippen molar-refractivity contribution in [1.82, 2.24) is 19.9 Å². The molecule has 0 spiro atoms. The minimum Gasteiger partial charge on any atom is -0.490 e. The van der Waals surface area contributed by atoms with Crippen molar-refractivity contribution in [3.05, 3.63) is 46.1 Å². The van der Waals surface area contributed by atoms with Gasteiger partial charge in [-0.25, -0.2) is 13.8 Å². The van der Waals surface area contributed by atoms with Crippen molar-refractivity contribution in [3.8, 4) is 11.8 Å². The molecule has 3 fully saturated rings. The van der Waals surface area contributed by atoms with Crippen molar-refractivity contribution in [2.24, 2.45) is 0 Å². The summed E-state index contributed by atoms with van der Waals surface area (Å²) < 4.78 is 52.6. The van der Waals surface area contributed by atoms with Crippen LogP contribution >= 0.6 is 11.6 Å². The van der Waals surface area contributed by atoms with Crippen LogP contribution in [0.2, 0.25) is 5.02 Å². The minimum absolute atomic E-state index is 0.0423. The van der Waals surface area contributed by atoms with Crippen LogP contribution in [0, 0.1) is 11.6 Å². The van der Waals surface area contributed by atoms with Gasteiger partial charge in [0.15, 0.2) is 11.8 Å². The second kappa shape index (κ2) is 10.5. The summed E-state index contributed by atoms with van der Waals surface area (Å²) in [7, 11) is 2.04. The highest BCUT2D eigenvalue weighted by atomic mass is 35.5. The number of ether oxygens (including phenoxy) is 4. The lowest BCUT2D eigenvalue weighted by molar-refractivity contribution is 0.00706. The number of aromatic amines is 1. The number of aliphatic hydroxyl groups excluding tert-OH is 1. The van der Waals surface area contributed by atoms with Crippen LogP contribution < -0.4 is 9.47 Å². The van der Waals surface area contributed by atoms with Crippen LogP contribution in [0.3, 0.4) is 0 Å². The molecule has 204 valence electrons. The zero-order valence-corrected chi connectivity index (χ0v) is 21.6. The number of piperidine rings is 1. The number of aliphatic hydroxyl groups is 1. The molecule has 3 aromatic rings. The standard InChI is InChI=1S/C26H29ClF2N4O5/c1-33-6-4-13(5-7-33)37-14-8-17(28)15(18(29)9-14)2-3-19-16(27)10-20-25(30-19)32-26(31-20)38-22-12-36-23-21(34)11-35-24(22)23/h8-10,13,21-24,34H,2-7,11-12H2,1H3,(H,30,31,32)/t21-,22-,23-,24-/m1/s1. The van der Waals surface area contributed by atoms with Gasteiger partial charge in [0.05, 0.1) is 29.4 Å². The summed E-state index contributed by atoms with van der Waals surface area (Å²) in [5.74, 6) is -1.11. The summed E-state index contributed by atoms with van der Waals surface area (Å²) in [5, 5.41) is 10.3. The average Bonchev–Trinajstić information content (AvgIpc) is 3.57. The summed E-state index contributed by atoms with van der Waals surface area (Å²) in [4.78, 5) is 14.1. The number of aryl methyl sites for hydroxylation is 1. The molecule has 2 aromatic heterocycles. The maximum atomic E-state index is 14.8. The second-order valence-electron chi connectivity index (χ2n) is 10.1. The first-order valence-electron chi connectivity index (χ1n) is 12.8. The normalized spacial score (nSPS) is 26.2. The van der Waals surface area contributed by atoms with Gasteiger partial charge in [-0.1, -0.05) is 11.6 Å². The number of hydrogen-bond donors (Lipinski definition) is 2. The number of likely N-dealkylation sites (tertiary alicyclic amines) is 1. The van der Waals surface area contributed by atoms with Gasteiger partial charge in [-0.3, -0.25) is 0 Å². The van der Waals surface area contributed by atoms with Crippen molar-refractivity contribution in [1.29, 1.82) is 0 Å². The summed E-state index contributed by atoms with van der Waals surface area (Å²) in [6.07, 6.45) is -0.0210. The van der Waals surface area contributed by atoms with Crippen LogP contribution in [0.15, 0.2) is 18.2 Å². The van der Waals surface area contributed by atoms with E-state index >= 15 is 0 Å². The van der Waals surface area contributed by atoms with Crippen molar-refractivity contribution in [2.75, 3.05) is 33.4 Å². The molecule has 12 heteroatoms. The third-order valence-electron chi connectivity index (χ3n) is 7.42. The van der Waals surface area contributed by atoms with Gasteiger partial charge in [0.25, 0.3) is 6.01 Å². The SMILES string of the molecule is CN1CCC(Oc2cc(F)c(CCc3nc4nc(O[C@@H]5CO[C@H]6[C@@H]5OC[C@H]6O)[nH]c4cc3Cl)c(F)c2)CC1. The number of rotatable bonds is 7. The Bertz CT molecular complexity index is 1300. The Hall–Kier alpha value is -2.57. The Morgan fingerprint density at radius 2 is 1.79 bits per heavy atom. The molecule has 0 unspecified atom stereocenters. The summed E-state index contributed by atoms with van der Waals surface area (Å²) in [6.45, 7) is 2.25. The number of nitrogens with zero attached hydrogens (tertiary/aromatic N) is 3. The van der Waals surface area contributed by atoms with E-state index in [9.17, 15) is 13.9 Å². The van der Waals surface area contributed by atoms with E-state index in [0.29, 0.717) is 21.9 Å². The van der Waals surface area contributed by atoms with Gasteiger partial charge < -0.3 is 33.9 Å². The molecule has 0 bridgehead atoms. The maximum Gasteiger partial charge on any atom is 0.296 e. The first-order chi connectivity index (χ1) is 18.3. The highest BCUT2D eigenvalue weighted by Gasteiger charge is 2.48. The molecule has 38 heavy (non-hydrogen) atoms. The topological polar surface area (TPSA) is 102 Å². The quantitative estimate of drug-likeness (QED) is 0.463. The van der Waals surface area contributed by atoms with Crippen molar-refractivity contribution in [3.63, 3.8) is 0 Å². The van der Waals surface area contributed by atoms with Crippen molar-refractivity contribution >= 4 is 22.8 Å². The van der Waals surface area contributed by atoms with Gasteiger partial charge in [0.2, 0.25) is 0 Å². The van der Waals surface area contributed by atoms with E-state index in [1.807, 2.05) is 7.05 Å². The molecule has 4 atom stereocenters. The van der Waals surface area contributed by atoms with E-state index in [-0.39, 0.29) is 55.6 Å². The highest BCUT2D eigenvalue weighted by molar-refractivity contribution is 6.31. The smallest absolute Gasteiger partial charge is 0.296 e. The molecule has 3 aliphatic heterocycles. The van der Waals surface area contributed by atoms with Gasteiger partial charge in [0.1, 0.15) is 41.8 Å². The Morgan fingerprint density at radius 3 is 2.55 bits per heavy atom. The predicted molar refractivity (Wildman–Crippen MR) is 134 cm³/mol. The fourth-order valence-electron chi connectivity index (χ4n) is 5.28. The van der Waals surface area contributed by atoms with E-state index in [0.717, 1.165) is 25.9 Å². The Balaban J connectivity index is 1.12. The van der Waals surface area contributed by atoms with Gasteiger partial charge >= 0.3 is 0 Å². The fraction of sp³-hybridized carbons (Fsp3) is 0.538. The maximum absolute atomic E-state index is 14.8. The number of hydrogen-bond acceptors (Lipinski definition) is 8. The lowest BCUT2D eigenvalue weighted by Gasteiger charge is -2.29. The predicted octanol–water partition coefficient (Wildman–Crippen LogP) is 3.05. The Labute approximate surface area is 223 Å². The lowest BCUT2D eigenvalue weighted by atomic mass is 10.1. The molecule has 5 heterocycles. The Morgan fingerprint density at radius 1 is 1.05 bits per heavy atom. The highest BCUT2D eigenvalue weighted by Crippen LogP contribution is 2.31. The fourth-order valence-corrected chi connectivity index (χ4v) is 5.52. The third-order valence-corrected chi connectivity index (χ3v) is 7.74. The zero-order valence-electron chi connectivity index (χ0n) is 20.8. The number of nitrogens with one attached hydrogen (secondary N) is 1. The molecule has 0 aliphatic carbocycles. The second-order valence-corrected chi connectivity index (χ2v) is 10.5. The molecule has 0 amide bonds. The average molecular weight is 551 g/mol. The first-order valence-corrected chi connectivity index (χ1v) is 13.2. The number of imidazole rings is 1. The van der Waals surface area contributed by atoms with Gasteiger partial charge in [-0.05, 0) is 38.8 Å². The summed E-state index contributed by atoms with van der Waals surface area (Å²) >= 11 is 6.43. The number of aromatic nitrogens is 3. The van der Waals surface area contributed by atoms with E-state index in [1.54, 1.807) is 6.07 Å². The number of halogens is 3. The Kier molecular flexibility index (Phi) is 7.12. The molecule has 6 rings (SSSR count). The molecule has 1 aromatic carbocycles. The van der Waals surface area contributed by atoms with Gasteiger partial charge in [-0.15, -0.1) is 0 Å². The number of pyridine rings is 1. The van der Waals surface area contributed by atoms with E-state index in [4.69, 9.17) is 30.5 Å². The zero-order chi connectivity index (χ0) is 26.4. The van der Waals surface area contributed by atoms with Gasteiger partial charge in [0, 0.05) is 30.8 Å². The molecular weight excluding hydrogens is 522 g/mol. The molecule has 2 N–H and O–H groups in total. The number of fused-ring (bicyclic) bond motifs is 2. The summed E-state index contributed by atoms with van der Waals surface area (Å²) in [6, 6.07) is 4.37. The van der Waals surface area contributed by atoms with E-state index in [1.165, 1.54) is 12.1 Å². The largest absolute Gasteiger partial charge is 0.490 e. The first kappa shape index (κ1) is 25.7. The number of benzene rings is 1. The van der Waals surface area contributed by atoms with Crippen LogP contribution in [-0.4, -0.2) is 88.8 Å². The monoisotopic (exact) mass is 550 g/mol. The van der Waals surface area contributed by atoms with Crippen LogP contribution in [0.4, 0.5) is 8.78 Å². The molecule has 3 aliphatic rings. The molecule has 3 saturated heterocycles. The molecule has 0 saturated carbocycles. The molecular formula is C26H29ClF2N4O5. The summed E-state index contributed by atoms with van der Waals surface area (Å²) in [5.41, 5.74) is 1.35. The van der Waals surface area contributed by atoms with Crippen LogP contribution in [-0.2, 0) is 22.3 Å². The van der Waals surface area contributed by atoms with E-state index < -0.39 is 29.9 Å². The number of H-pyrrole nitrogens is 1. The van der Waals surface area contributed by atoms with Gasteiger partial charge in [-0.2, -0.15) is 4.98 Å². The van der Waals surface area contributed by atoms with Crippen molar-refractivity contribution in [2.45, 2.75) is 56.2 Å². The molecule has 9 nitrogen and oxygen atoms in total. The molecule has 0 radical (unpaired) electrons. The lowest BCUT2D eigenvalue weighted by Crippen LogP contribution is -2.35. The minimum atomic E-state index is -0.676.